The maximum absolute atomic E-state index is 12.6. The molecule has 0 atom stereocenters. The van der Waals surface area contributed by atoms with Gasteiger partial charge in [0.05, 0.1) is 12.7 Å². The minimum atomic E-state index is -0.496. The predicted octanol–water partition coefficient (Wildman–Crippen LogP) is 5.27. The van der Waals surface area contributed by atoms with Gasteiger partial charge in [0.25, 0.3) is 5.91 Å². The molecule has 2 aromatic carbocycles. The van der Waals surface area contributed by atoms with Gasteiger partial charge in [0.15, 0.2) is 11.5 Å². The molecule has 6 nitrogen and oxygen atoms in total. The first-order chi connectivity index (χ1) is 16.5. The fraction of sp³-hybridized carbons (Fsp3) is 0.259. The van der Waals surface area contributed by atoms with Crippen LogP contribution in [-0.2, 0) is 24.2 Å². The molecule has 0 fully saturated rings. The van der Waals surface area contributed by atoms with E-state index in [4.69, 9.17) is 15.2 Å². The molecule has 0 bridgehead atoms. The Morgan fingerprint density at radius 1 is 1.12 bits per heavy atom. The van der Waals surface area contributed by atoms with Crippen molar-refractivity contribution >= 4 is 34.2 Å². The largest absolute Gasteiger partial charge is 0.493 e. The van der Waals surface area contributed by atoms with Gasteiger partial charge in [-0.2, -0.15) is 0 Å². The smallest absolute Gasteiger partial charge is 0.251 e. The Kier molecular flexibility index (Phi) is 7.33. The van der Waals surface area contributed by atoms with Gasteiger partial charge in [-0.25, -0.2) is 0 Å². The number of ether oxygens (including phenoxy) is 2. The summed E-state index contributed by atoms with van der Waals surface area (Å²) in [7, 11) is 1.58. The van der Waals surface area contributed by atoms with Crippen molar-refractivity contribution in [1.82, 2.24) is 0 Å². The van der Waals surface area contributed by atoms with E-state index >= 15 is 0 Å². The van der Waals surface area contributed by atoms with Crippen LogP contribution in [-0.4, -0.2) is 18.9 Å². The van der Waals surface area contributed by atoms with E-state index in [9.17, 15) is 9.59 Å². The van der Waals surface area contributed by atoms with Crippen molar-refractivity contribution in [3.8, 4) is 11.5 Å². The molecule has 1 aliphatic rings. The summed E-state index contributed by atoms with van der Waals surface area (Å²) in [6.07, 6.45) is 7.00. The number of methoxy groups -OCH3 is 1. The lowest BCUT2D eigenvalue weighted by atomic mass is 9.95. The van der Waals surface area contributed by atoms with E-state index < -0.39 is 5.91 Å². The van der Waals surface area contributed by atoms with Crippen LogP contribution >= 0.6 is 11.3 Å². The maximum atomic E-state index is 12.6. The molecule has 1 aromatic heterocycles. The fourth-order valence-corrected chi connectivity index (χ4v) is 5.37. The highest BCUT2D eigenvalue weighted by atomic mass is 32.1. The van der Waals surface area contributed by atoms with Crippen molar-refractivity contribution in [2.24, 2.45) is 5.73 Å². The average molecular weight is 477 g/mol. The number of primary amides is 1. The van der Waals surface area contributed by atoms with Crippen LogP contribution in [0.15, 0.2) is 48.5 Å². The van der Waals surface area contributed by atoms with E-state index in [1.807, 2.05) is 49.4 Å². The number of thiophene rings is 1. The molecule has 0 spiro atoms. The summed E-state index contributed by atoms with van der Waals surface area (Å²) in [5.41, 5.74) is 10.1. The number of carbonyl (C=O) groups excluding carboxylic acids is 2. The van der Waals surface area contributed by atoms with Crippen molar-refractivity contribution in [3.05, 3.63) is 81.2 Å². The average Bonchev–Trinajstić information content (AvgIpc) is 3.20. The van der Waals surface area contributed by atoms with Crippen LogP contribution in [0.4, 0.5) is 5.00 Å². The quantitative estimate of drug-likeness (QED) is 0.433. The van der Waals surface area contributed by atoms with Gasteiger partial charge in [-0.05, 0) is 73.1 Å². The van der Waals surface area contributed by atoms with E-state index in [2.05, 4.69) is 5.32 Å². The van der Waals surface area contributed by atoms with Crippen molar-refractivity contribution in [2.75, 3.05) is 12.4 Å². The highest BCUT2D eigenvalue weighted by Gasteiger charge is 2.24. The third kappa shape index (κ3) is 5.31. The lowest BCUT2D eigenvalue weighted by molar-refractivity contribution is -0.111. The van der Waals surface area contributed by atoms with Crippen LogP contribution in [0.3, 0.4) is 0 Å². The van der Waals surface area contributed by atoms with Crippen molar-refractivity contribution in [3.63, 3.8) is 0 Å². The van der Waals surface area contributed by atoms with Gasteiger partial charge in [-0.1, -0.05) is 30.3 Å². The Hall–Kier alpha value is -3.58. The van der Waals surface area contributed by atoms with E-state index in [1.54, 1.807) is 13.2 Å². The molecule has 2 amide bonds. The Morgan fingerprint density at radius 3 is 2.68 bits per heavy atom. The zero-order valence-electron chi connectivity index (χ0n) is 19.4. The van der Waals surface area contributed by atoms with Crippen LogP contribution in [0.5, 0.6) is 11.5 Å². The molecule has 0 unspecified atom stereocenters. The minimum absolute atomic E-state index is 0.319. The summed E-state index contributed by atoms with van der Waals surface area (Å²) in [5.74, 6) is 0.394. The van der Waals surface area contributed by atoms with Crippen LogP contribution < -0.4 is 20.5 Å². The number of anilines is 1. The number of amides is 2. The standard InChI is InChI=1S/C27H28N2O4S/c1-17-7-3-4-8-19(17)16-33-21-13-11-18(15-22(21)32-2)12-14-24(30)29-27-25(26(28)31)20-9-5-6-10-23(20)34-27/h3-4,7-8,11-15H,5-6,9-10,16H2,1-2H3,(H2,28,31)(H,29,30). The van der Waals surface area contributed by atoms with Crippen LogP contribution in [0.2, 0.25) is 0 Å². The second-order valence-electron chi connectivity index (χ2n) is 8.23. The first-order valence-corrected chi connectivity index (χ1v) is 12.1. The van der Waals surface area contributed by atoms with Gasteiger partial charge in [0.1, 0.15) is 11.6 Å². The first kappa shape index (κ1) is 23.6. The molecule has 0 radical (unpaired) electrons. The van der Waals surface area contributed by atoms with Crippen molar-refractivity contribution < 1.29 is 19.1 Å². The second-order valence-corrected chi connectivity index (χ2v) is 9.33. The van der Waals surface area contributed by atoms with Gasteiger partial charge in [-0.3, -0.25) is 9.59 Å². The molecule has 4 rings (SSSR count). The summed E-state index contributed by atoms with van der Waals surface area (Å²) >= 11 is 1.45. The van der Waals surface area contributed by atoms with Crippen molar-refractivity contribution in [1.29, 1.82) is 0 Å². The van der Waals surface area contributed by atoms with E-state index in [0.29, 0.717) is 28.7 Å². The summed E-state index contributed by atoms with van der Waals surface area (Å²) in [4.78, 5) is 25.7. The van der Waals surface area contributed by atoms with E-state index in [0.717, 1.165) is 52.8 Å². The topological polar surface area (TPSA) is 90.6 Å². The highest BCUT2D eigenvalue weighted by Crippen LogP contribution is 2.38. The summed E-state index contributed by atoms with van der Waals surface area (Å²) in [6, 6.07) is 13.6. The zero-order valence-corrected chi connectivity index (χ0v) is 20.2. The number of nitrogens with two attached hydrogens (primary N) is 1. The summed E-state index contributed by atoms with van der Waals surface area (Å²) in [6.45, 7) is 2.49. The molecular formula is C27H28N2O4S. The molecule has 3 aromatic rings. The molecule has 7 heteroatoms. The fourth-order valence-electron chi connectivity index (χ4n) is 4.07. The number of rotatable bonds is 8. The van der Waals surface area contributed by atoms with Crippen LogP contribution in [0.1, 0.15) is 50.3 Å². The van der Waals surface area contributed by atoms with E-state index in [1.165, 1.54) is 17.4 Å². The lowest BCUT2D eigenvalue weighted by Gasteiger charge is -2.12. The molecule has 34 heavy (non-hydrogen) atoms. The number of hydrogen-bond acceptors (Lipinski definition) is 5. The molecule has 176 valence electrons. The van der Waals surface area contributed by atoms with Gasteiger partial charge in [-0.15, -0.1) is 11.3 Å². The molecule has 0 saturated heterocycles. The Labute approximate surface area is 203 Å². The summed E-state index contributed by atoms with van der Waals surface area (Å²) in [5, 5.41) is 3.37. The minimum Gasteiger partial charge on any atom is -0.493 e. The van der Waals surface area contributed by atoms with Gasteiger partial charge in [0.2, 0.25) is 5.91 Å². The Morgan fingerprint density at radius 2 is 1.91 bits per heavy atom. The number of carbonyl (C=O) groups is 2. The lowest BCUT2D eigenvalue weighted by Crippen LogP contribution is -2.17. The molecule has 3 N–H and O–H groups in total. The van der Waals surface area contributed by atoms with Crippen LogP contribution in [0.25, 0.3) is 6.08 Å². The number of nitrogens with one attached hydrogen (secondary N) is 1. The zero-order chi connectivity index (χ0) is 24.1. The highest BCUT2D eigenvalue weighted by molar-refractivity contribution is 7.17. The first-order valence-electron chi connectivity index (χ1n) is 11.2. The number of fused-ring (bicyclic) bond motifs is 1. The summed E-state index contributed by atoms with van der Waals surface area (Å²) < 4.78 is 11.4. The Bertz CT molecular complexity index is 1250. The third-order valence-electron chi connectivity index (χ3n) is 5.91. The number of aryl methyl sites for hydroxylation is 2. The van der Waals surface area contributed by atoms with Crippen molar-refractivity contribution in [2.45, 2.75) is 39.2 Å². The predicted molar refractivity (Wildman–Crippen MR) is 136 cm³/mol. The number of hydrogen-bond donors (Lipinski definition) is 2. The molecule has 0 aliphatic heterocycles. The normalized spacial score (nSPS) is 12.9. The molecule has 1 aliphatic carbocycles. The second kappa shape index (κ2) is 10.6. The number of benzene rings is 2. The monoisotopic (exact) mass is 476 g/mol. The van der Waals surface area contributed by atoms with E-state index in [-0.39, 0.29) is 5.91 Å². The Balaban J connectivity index is 1.44. The van der Waals surface area contributed by atoms with Gasteiger partial charge >= 0.3 is 0 Å². The molecule has 0 saturated carbocycles. The van der Waals surface area contributed by atoms with Gasteiger partial charge < -0.3 is 20.5 Å². The third-order valence-corrected chi connectivity index (χ3v) is 7.12. The molecular weight excluding hydrogens is 448 g/mol. The maximum Gasteiger partial charge on any atom is 0.251 e. The van der Waals surface area contributed by atoms with Crippen LogP contribution in [0, 0.1) is 6.92 Å². The van der Waals surface area contributed by atoms with Gasteiger partial charge in [0, 0.05) is 11.0 Å². The molecule has 1 heterocycles. The SMILES string of the molecule is COc1cc(C=CC(=O)Nc2sc3c(c2C(N)=O)CCCC3)ccc1OCc1ccccc1C.